The molecule has 0 aliphatic heterocycles. The molecule has 1 aliphatic carbocycles. The van der Waals surface area contributed by atoms with Crippen LogP contribution in [0.2, 0.25) is 0 Å². The molecule has 1 heteroatoms. The van der Waals surface area contributed by atoms with E-state index < -0.39 is 0 Å². The predicted molar refractivity (Wildman–Crippen MR) is 62.9 cm³/mol. The van der Waals surface area contributed by atoms with Crippen molar-refractivity contribution in [2.75, 3.05) is 0 Å². The third-order valence-electron chi connectivity index (χ3n) is 3.59. The van der Waals surface area contributed by atoms with Crippen molar-refractivity contribution < 1.29 is 5.11 Å². The molecule has 1 saturated carbocycles. The lowest BCUT2D eigenvalue weighted by molar-refractivity contribution is 0.0330. The van der Waals surface area contributed by atoms with Crippen LogP contribution in [-0.4, -0.2) is 10.7 Å². The largest absolute Gasteiger partial charge is 0.390 e. The summed E-state index contributed by atoms with van der Waals surface area (Å²) in [5, 5.41) is 10.3. The molecule has 1 nitrogen and oxygen atoms in total. The summed E-state index contributed by atoms with van der Waals surface area (Å²) >= 11 is 0. The summed E-state index contributed by atoms with van der Waals surface area (Å²) in [4.78, 5) is 0. The van der Waals surface area contributed by atoms with E-state index in [1.54, 1.807) is 0 Å². The van der Waals surface area contributed by atoms with Gasteiger partial charge >= 0.3 is 0 Å². The highest BCUT2D eigenvalue weighted by molar-refractivity contribution is 5.19. The molecule has 1 N–H and O–H groups in total. The summed E-state index contributed by atoms with van der Waals surface area (Å²) in [6, 6.07) is 10.5. The molecule has 1 fully saturated rings. The van der Waals surface area contributed by atoms with Crippen LogP contribution in [0.25, 0.3) is 0 Å². The zero-order valence-electron chi connectivity index (χ0n) is 9.45. The molecule has 1 unspecified atom stereocenters. The summed E-state index contributed by atoms with van der Waals surface area (Å²) in [6.45, 7) is 2.21. The van der Waals surface area contributed by atoms with E-state index in [0.29, 0.717) is 5.92 Å². The summed E-state index contributed by atoms with van der Waals surface area (Å²) in [5.41, 5.74) is 0.966. The van der Waals surface area contributed by atoms with Gasteiger partial charge in [0.05, 0.1) is 5.60 Å². The number of benzene rings is 1. The minimum atomic E-state index is -0.380. The van der Waals surface area contributed by atoms with Crippen molar-refractivity contribution in [2.24, 2.45) is 0 Å². The van der Waals surface area contributed by atoms with Gasteiger partial charge in [-0.05, 0) is 30.7 Å². The minimum absolute atomic E-state index is 0.380. The Balaban J connectivity index is 2.00. The van der Waals surface area contributed by atoms with Crippen molar-refractivity contribution in [2.45, 2.75) is 50.5 Å². The van der Waals surface area contributed by atoms with Crippen molar-refractivity contribution in [1.82, 2.24) is 0 Å². The first-order chi connectivity index (χ1) is 7.20. The first-order valence-electron chi connectivity index (χ1n) is 5.97. The topological polar surface area (TPSA) is 20.2 Å². The Bertz CT molecular complexity index is 298. The molecule has 0 radical (unpaired) electrons. The molecule has 82 valence electrons. The van der Waals surface area contributed by atoms with E-state index in [-0.39, 0.29) is 5.60 Å². The van der Waals surface area contributed by atoms with Crippen molar-refractivity contribution in [3.63, 3.8) is 0 Å². The third kappa shape index (κ3) is 2.60. The first-order valence-corrected chi connectivity index (χ1v) is 5.97. The van der Waals surface area contributed by atoms with Gasteiger partial charge in [0.15, 0.2) is 0 Å². The lowest BCUT2D eigenvalue weighted by atomic mass is 9.86. The monoisotopic (exact) mass is 204 g/mol. The van der Waals surface area contributed by atoms with Gasteiger partial charge in [-0.1, -0.05) is 50.1 Å². The van der Waals surface area contributed by atoms with Gasteiger partial charge in [0, 0.05) is 0 Å². The molecule has 2 rings (SSSR count). The van der Waals surface area contributed by atoms with Gasteiger partial charge in [0.25, 0.3) is 0 Å². The van der Waals surface area contributed by atoms with E-state index in [0.717, 1.165) is 19.3 Å². The molecule has 15 heavy (non-hydrogen) atoms. The van der Waals surface area contributed by atoms with Crippen LogP contribution in [0.15, 0.2) is 30.3 Å². The van der Waals surface area contributed by atoms with Crippen LogP contribution in [0, 0.1) is 0 Å². The normalized spacial score (nSPS) is 21.5. The minimum Gasteiger partial charge on any atom is -0.390 e. The molecule has 1 aromatic carbocycles. The Morgan fingerprint density at radius 3 is 2.40 bits per heavy atom. The van der Waals surface area contributed by atoms with Gasteiger partial charge in [-0.25, -0.2) is 0 Å². The number of rotatable bonds is 3. The van der Waals surface area contributed by atoms with Gasteiger partial charge in [-0.3, -0.25) is 0 Å². The van der Waals surface area contributed by atoms with Crippen LogP contribution in [0.1, 0.15) is 50.5 Å². The van der Waals surface area contributed by atoms with E-state index in [4.69, 9.17) is 0 Å². The summed E-state index contributed by atoms with van der Waals surface area (Å²) in [6.07, 6.45) is 5.28. The van der Waals surface area contributed by atoms with Crippen LogP contribution in [0.5, 0.6) is 0 Å². The second kappa shape index (κ2) is 4.36. The van der Waals surface area contributed by atoms with E-state index >= 15 is 0 Å². The van der Waals surface area contributed by atoms with Gasteiger partial charge in [-0.15, -0.1) is 0 Å². The Hall–Kier alpha value is -0.820. The highest BCUT2D eigenvalue weighted by atomic mass is 16.3. The average molecular weight is 204 g/mol. The third-order valence-corrected chi connectivity index (χ3v) is 3.59. The van der Waals surface area contributed by atoms with Gasteiger partial charge in [0.2, 0.25) is 0 Å². The zero-order chi connectivity index (χ0) is 10.7. The number of aliphatic hydroxyl groups is 1. The smallest absolute Gasteiger partial charge is 0.0653 e. The molecule has 1 atom stereocenters. The Kier molecular flexibility index (Phi) is 3.11. The lowest BCUT2D eigenvalue weighted by Crippen LogP contribution is -2.26. The van der Waals surface area contributed by atoms with Crippen molar-refractivity contribution in [1.29, 1.82) is 0 Å². The Labute approximate surface area is 92.1 Å². The number of hydrogen-bond donors (Lipinski definition) is 1. The maximum atomic E-state index is 10.3. The SMILES string of the molecule is CC(CC1(O)CCCC1)c1ccccc1. The van der Waals surface area contributed by atoms with Crippen LogP contribution in [-0.2, 0) is 0 Å². The molecule has 0 heterocycles. The molecule has 0 saturated heterocycles. The van der Waals surface area contributed by atoms with Crippen LogP contribution < -0.4 is 0 Å². The van der Waals surface area contributed by atoms with Gasteiger partial charge < -0.3 is 5.11 Å². The second-order valence-electron chi connectivity index (χ2n) is 4.95. The fourth-order valence-electron chi connectivity index (χ4n) is 2.71. The molecule has 1 aromatic rings. The van der Waals surface area contributed by atoms with Crippen molar-refractivity contribution in [3.05, 3.63) is 35.9 Å². The predicted octanol–water partition coefficient (Wildman–Crippen LogP) is 3.49. The number of hydrogen-bond acceptors (Lipinski definition) is 1. The average Bonchev–Trinajstić information content (AvgIpc) is 2.66. The van der Waals surface area contributed by atoms with E-state index in [9.17, 15) is 5.11 Å². The van der Waals surface area contributed by atoms with Crippen LogP contribution in [0.4, 0.5) is 0 Å². The van der Waals surface area contributed by atoms with Gasteiger partial charge in [0.1, 0.15) is 0 Å². The summed E-state index contributed by atoms with van der Waals surface area (Å²) in [5.74, 6) is 0.467. The molecular weight excluding hydrogens is 184 g/mol. The highest BCUT2D eigenvalue weighted by Crippen LogP contribution is 2.37. The van der Waals surface area contributed by atoms with Gasteiger partial charge in [-0.2, -0.15) is 0 Å². The van der Waals surface area contributed by atoms with Crippen molar-refractivity contribution >= 4 is 0 Å². The summed E-state index contributed by atoms with van der Waals surface area (Å²) in [7, 11) is 0. The summed E-state index contributed by atoms with van der Waals surface area (Å²) < 4.78 is 0. The van der Waals surface area contributed by atoms with E-state index in [1.807, 2.05) is 6.07 Å². The maximum absolute atomic E-state index is 10.3. The molecule has 0 spiro atoms. The molecule has 0 aromatic heterocycles. The molecular formula is C14H20O. The maximum Gasteiger partial charge on any atom is 0.0653 e. The molecule has 0 amide bonds. The van der Waals surface area contributed by atoms with E-state index in [1.165, 1.54) is 18.4 Å². The molecule has 1 aliphatic rings. The molecule has 0 bridgehead atoms. The zero-order valence-corrected chi connectivity index (χ0v) is 9.45. The quantitative estimate of drug-likeness (QED) is 0.799. The fourth-order valence-corrected chi connectivity index (χ4v) is 2.71. The lowest BCUT2D eigenvalue weighted by Gasteiger charge is -2.26. The Morgan fingerprint density at radius 2 is 1.80 bits per heavy atom. The highest BCUT2D eigenvalue weighted by Gasteiger charge is 2.32. The van der Waals surface area contributed by atoms with Crippen LogP contribution in [0.3, 0.4) is 0 Å². The van der Waals surface area contributed by atoms with Crippen LogP contribution >= 0.6 is 0 Å². The second-order valence-corrected chi connectivity index (χ2v) is 4.95. The van der Waals surface area contributed by atoms with Crippen molar-refractivity contribution in [3.8, 4) is 0 Å². The first kappa shape index (κ1) is 10.7. The Morgan fingerprint density at radius 1 is 1.20 bits per heavy atom. The fraction of sp³-hybridized carbons (Fsp3) is 0.571. The standard InChI is InChI=1S/C14H20O/c1-12(13-7-3-2-4-8-13)11-14(15)9-5-6-10-14/h2-4,7-8,12,15H,5-6,9-11H2,1H3. The van der Waals surface area contributed by atoms with E-state index in [2.05, 4.69) is 31.2 Å².